The molecule has 0 aromatic heterocycles. The summed E-state index contributed by atoms with van der Waals surface area (Å²) >= 11 is 3.16. The number of hydrogen-bond acceptors (Lipinski definition) is 3. The highest BCUT2D eigenvalue weighted by atomic mass is 79.9. The molecule has 0 bridgehead atoms. The van der Waals surface area contributed by atoms with Gasteiger partial charge in [-0.2, -0.15) is 0 Å². The zero-order valence-corrected chi connectivity index (χ0v) is 12.4. The molecule has 0 radical (unpaired) electrons. The summed E-state index contributed by atoms with van der Waals surface area (Å²) in [6, 6.07) is 10.1. The molecule has 108 valence electrons. The Morgan fingerprint density at radius 2 is 1.81 bits per heavy atom. The van der Waals surface area contributed by atoms with Crippen LogP contribution in [0.25, 0.3) is 0 Å². The summed E-state index contributed by atoms with van der Waals surface area (Å²) in [5, 5.41) is 0. The highest BCUT2D eigenvalue weighted by Crippen LogP contribution is 2.19. The lowest BCUT2D eigenvalue weighted by atomic mass is 10.1. The van der Waals surface area contributed by atoms with E-state index in [1.165, 1.54) is 12.1 Å². The van der Waals surface area contributed by atoms with Crippen LogP contribution < -0.4 is 5.73 Å². The number of benzene rings is 2. The smallest absolute Gasteiger partial charge is 0.339 e. The maximum absolute atomic E-state index is 13.1. The van der Waals surface area contributed by atoms with E-state index in [1.54, 1.807) is 24.3 Å². The Kier molecular flexibility index (Phi) is 4.70. The van der Waals surface area contributed by atoms with Crippen molar-refractivity contribution < 1.29 is 18.7 Å². The van der Waals surface area contributed by atoms with E-state index in [-0.39, 0.29) is 12.2 Å². The number of carbonyl (C=O) groups is 2. The molecular formula is C15H11BrFNO3. The molecule has 0 aliphatic heterocycles. The lowest BCUT2D eigenvalue weighted by molar-refractivity contribution is 0.0471. The fourth-order valence-corrected chi connectivity index (χ4v) is 2.05. The fourth-order valence-electron chi connectivity index (χ4n) is 1.65. The van der Waals surface area contributed by atoms with Gasteiger partial charge in [-0.05, 0) is 51.8 Å². The van der Waals surface area contributed by atoms with Gasteiger partial charge in [0.2, 0.25) is 5.91 Å². The third kappa shape index (κ3) is 3.88. The van der Waals surface area contributed by atoms with Gasteiger partial charge in [0.15, 0.2) is 0 Å². The maximum atomic E-state index is 13.1. The van der Waals surface area contributed by atoms with E-state index in [0.717, 1.165) is 6.07 Å². The van der Waals surface area contributed by atoms with E-state index >= 15 is 0 Å². The molecule has 6 heteroatoms. The minimum absolute atomic E-state index is 0.0147. The number of esters is 1. The molecule has 1 amide bonds. The van der Waals surface area contributed by atoms with Crippen molar-refractivity contribution in [2.24, 2.45) is 5.73 Å². The van der Waals surface area contributed by atoms with Crippen LogP contribution in [0.5, 0.6) is 0 Å². The number of hydrogen-bond donors (Lipinski definition) is 1. The van der Waals surface area contributed by atoms with Crippen LogP contribution in [0.3, 0.4) is 0 Å². The molecule has 0 atom stereocenters. The molecule has 0 spiro atoms. The highest BCUT2D eigenvalue weighted by molar-refractivity contribution is 9.10. The second-order valence-corrected chi connectivity index (χ2v) is 5.12. The molecule has 0 fully saturated rings. The van der Waals surface area contributed by atoms with Crippen molar-refractivity contribution in [3.63, 3.8) is 0 Å². The summed E-state index contributed by atoms with van der Waals surface area (Å²) < 4.78 is 18.7. The Labute approximate surface area is 128 Å². The van der Waals surface area contributed by atoms with Crippen LogP contribution >= 0.6 is 15.9 Å². The van der Waals surface area contributed by atoms with Gasteiger partial charge in [-0.15, -0.1) is 0 Å². The summed E-state index contributed by atoms with van der Waals surface area (Å²) in [7, 11) is 0. The van der Waals surface area contributed by atoms with E-state index in [2.05, 4.69) is 15.9 Å². The van der Waals surface area contributed by atoms with Gasteiger partial charge in [-0.25, -0.2) is 9.18 Å². The molecule has 0 aliphatic rings. The van der Waals surface area contributed by atoms with Crippen molar-refractivity contribution in [3.05, 3.63) is 69.4 Å². The van der Waals surface area contributed by atoms with Gasteiger partial charge >= 0.3 is 5.97 Å². The van der Waals surface area contributed by atoms with E-state index < -0.39 is 17.7 Å². The molecule has 2 aromatic carbocycles. The summed E-state index contributed by atoms with van der Waals surface area (Å²) in [6.45, 7) is 0.0147. The Balaban J connectivity index is 2.04. The summed E-state index contributed by atoms with van der Waals surface area (Å²) in [6.07, 6.45) is 0. The van der Waals surface area contributed by atoms with Gasteiger partial charge in [0.25, 0.3) is 0 Å². The first kappa shape index (κ1) is 15.2. The number of rotatable bonds is 4. The zero-order chi connectivity index (χ0) is 15.4. The number of primary amides is 1. The first-order chi connectivity index (χ1) is 9.97. The maximum Gasteiger partial charge on any atom is 0.339 e. The van der Waals surface area contributed by atoms with Crippen molar-refractivity contribution in [1.29, 1.82) is 0 Å². The van der Waals surface area contributed by atoms with Crippen molar-refractivity contribution >= 4 is 27.8 Å². The minimum atomic E-state index is -0.639. The number of nitrogens with two attached hydrogens (primary N) is 1. The Hall–Kier alpha value is -2.21. The average molecular weight is 352 g/mol. The average Bonchev–Trinajstić information content (AvgIpc) is 2.47. The van der Waals surface area contributed by atoms with E-state index in [9.17, 15) is 14.0 Å². The van der Waals surface area contributed by atoms with Gasteiger partial charge in [0.05, 0.1) is 5.56 Å². The van der Waals surface area contributed by atoms with Crippen LogP contribution in [-0.2, 0) is 11.3 Å². The number of halogens is 2. The normalized spacial score (nSPS) is 10.2. The van der Waals surface area contributed by atoms with E-state index in [4.69, 9.17) is 10.5 Å². The van der Waals surface area contributed by atoms with E-state index in [0.29, 0.717) is 15.6 Å². The molecule has 2 aromatic rings. The van der Waals surface area contributed by atoms with Crippen LogP contribution in [0.2, 0.25) is 0 Å². The summed E-state index contributed by atoms with van der Waals surface area (Å²) in [5.41, 5.74) is 6.31. The van der Waals surface area contributed by atoms with Crippen molar-refractivity contribution in [2.75, 3.05) is 0 Å². The Bertz CT molecular complexity index is 686. The molecule has 2 rings (SSSR count). The van der Waals surface area contributed by atoms with Crippen molar-refractivity contribution in [3.8, 4) is 0 Å². The molecule has 0 heterocycles. The predicted molar refractivity (Wildman–Crippen MR) is 78.2 cm³/mol. The number of ether oxygens (including phenoxy) is 1. The minimum Gasteiger partial charge on any atom is -0.457 e. The lowest BCUT2D eigenvalue weighted by Gasteiger charge is -2.07. The van der Waals surface area contributed by atoms with Gasteiger partial charge in [0.1, 0.15) is 12.4 Å². The van der Waals surface area contributed by atoms with Crippen molar-refractivity contribution in [1.82, 2.24) is 0 Å². The molecule has 2 N–H and O–H groups in total. The fraction of sp³-hybridized carbons (Fsp3) is 0.0667. The molecule has 4 nitrogen and oxygen atoms in total. The first-order valence-electron chi connectivity index (χ1n) is 5.98. The molecule has 0 saturated heterocycles. The second-order valence-electron chi connectivity index (χ2n) is 4.26. The van der Waals surface area contributed by atoms with Gasteiger partial charge < -0.3 is 10.5 Å². The molecule has 0 unspecified atom stereocenters. The monoisotopic (exact) mass is 351 g/mol. The van der Waals surface area contributed by atoms with Crippen molar-refractivity contribution in [2.45, 2.75) is 6.61 Å². The molecule has 0 saturated carbocycles. The third-order valence-electron chi connectivity index (χ3n) is 2.76. The van der Waals surface area contributed by atoms with Crippen LogP contribution in [0.4, 0.5) is 4.39 Å². The SMILES string of the molecule is NC(=O)c1ccc(COC(=O)c2cc(F)ccc2Br)cc1. The quantitative estimate of drug-likeness (QED) is 0.860. The van der Waals surface area contributed by atoms with Crippen LogP contribution in [0.1, 0.15) is 26.3 Å². The second kappa shape index (κ2) is 6.49. The van der Waals surface area contributed by atoms with Gasteiger partial charge in [-0.1, -0.05) is 12.1 Å². The molecule has 21 heavy (non-hydrogen) atoms. The zero-order valence-electron chi connectivity index (χ0n) is 10.8. The van der Waals surface area contributed by atoms with Gasteiger partial charge in [0, 0.05) is 10.0 Å². The largest absolute Gasteiger partial charge is 0.457 e. The summed E-state index contributed by atoms with van der Waals surface area (Å²) in [4.78, 5) is 22.8. The van der Waals surface area contributed by atoms with Crippen LogP contribution in [0, 0.1) is 5.82 Å². The summed E-state index contributed by atoms with van der Waals surface area (Å²) in [5.74, 6) is -1.68. The predicted octanol–water partition coefficient (Wildman–Crippen LogP) is 3.04. The lowest BCUT2D eigenvalue weighted by Crippen LogP contribution is -2.11. The molecular weight excluding hydrogens is 341 g/mol. The number of carbonyl (C=O) groups excluding carboxylic acids is 2. The standard InChI is InChI=1S/C15H11BrFNO3/c16-13-6-5-11(17)7-12(13)15(20)21-8-9-1-3-10(4-2-9)14(18)19/h1-7H,8H2,(H2,18,19). The van der Waals surface area contributed by atoms with Crippen LogP contribution in [0.15, 0.2) is 46.9 Å². The highest BCUT2D eigenvalue weighted by Gasteiger charge is 2.13. The Morgan fingerprint density at radius 3 is 2.43 bits per heavy atom. The first-order valence-corrected chi connectivity index (χ1v) is 6.77. The topological polar surface area (TPSA) is 69.4 Å². The van der Waals surface area contributed by atoms with E-state index in [1.807, 2.05) is 0 Å². The Morgan fingerprint density at radius 1 is 1.14 bits per heavy atom. The van der Waals surface area contributed by atoms with Gasteiger partial charge in [-0.3, -0.25) is 4.79 Å². The molecule has 0 aliphatic carbocycles. The number of amides is 1. The third-order valence-corrected chi connectivity index (χ3v) is 3.45. The van der Waals surface area contributed by atoms with Crippen LogP contribution in [-0.4, -0.2) is 11.9 Å².